The van der Waals surface area contributed by atoms with E-state index in [4.69, 9.17) is 4.74 Å². The van der Waals surface area contributed by atoms with Gasteiger partial charge in [-0.2, -0.15) is 5.10 Å². The van der Waals surface area contributed by atoms with E-state index in [1.54, 1.807) is 10.8 Å². The standard InChI is InChI=1S/C20H28N6O2/c27-19-20(3-6-25(19)8-7-23-9-11-28-12-10-23)2-5-24(15-20)14-17-1-4-26-18(13-17)21-16-22-26/h1,4,13,16H,2-3,5-12,14-15H2. The summed E-state index contributed by atoms with van der Waals surface area (Å²) in [6, 6.07) is 4.18. The van der Waals surface area contributed by atoms with Crippen molar-refractivity contribution in [2.24, 2.45) is 5.41 Å². The van der Waals surface area contributed by atoms with Gasteiger partial charge >= 0.3 is 0 Å². The lowest BCUT2D eigenvalue weighted by Crippen LogP contribution is -2.43. The SMILES string of the molecule is O=C1N(CCN2CCOCC2)CCC12CCN(Cc1ccn3ncnc3c1)C2. The predicted molar refractivity (Wildman–Crippen MR) is 104 cm³/mol. The van der Waals surface area contributed by atoms with Crippen LogP contribution in [0.25, 0.3) is 5.65 Å². The second-order valence-corrected chi connectivity index (χ2v) is 8.33. The lowest BCUT2D eigenvalue weighted by atomic mass is 9.85. The Morgan fingerprint density at radius 3 is 2.82 bits per heavy atom. The Morgan fingerprint density at radius 2 is 1.93 bits per heavy atom. The maximum atomic E-state index is 13.2. The van der Waals surface area contributed by atoms with Crippen LogP contribution in [-0.2, 0) is 16.1 Å². The molecule has 3 aliphatic rings. The van der Waals surface area contributed by atoms with Crippen LogP contribution in [0.5, 0.6) is 0 Å². The lowest BCUT2D eigenvalue weighted by molar-refractivity contribution is -0.135. The minimum Gasteiger partial charge on any atom is -0.379 e. The fourth-order valence-corrected chi connectivity index (χ4v) is 4.88. The van der Waals surface area contributed by atoms with Gasteiger partial charge in [-0.1, -0.05) is 0 Å². The van der Waals surface area contributed by atoms with Gasteiger partial charge in [0.05, 0.1) is 18.6 Å². The minimum absolute atomic E-state index is 0.163. The van der Waals surface area contributed by atoms with Crippen LogP contribution in [0, 0.1) is 5.41 Å². The minimum atomic E-state index is -0.163. The number of morpholine rings is 1. The van der Waals surface area contributed by atoms with Crippen molar-refractivity contribution in [3.63, 3.8) is 0 Å². The van der Waals surface area contributed by atoms with Gasteiger partial charge in [0.25, 0.3) is 0 Å². The topological polar surface area (TPSA) is 66.2 Å². The zero-order valence-electron chi connectivity index (χ0n) is 16.3. The number of amides is 1. The van der Waals surface area contributed by atoms with Gasteiger partial charge in [-0.3, -0.25) is 14.6 Å². The molecular weight excluding hydrogens is 356 g/mol. The van der Waals surface area contributed by atoms with Crippen LogP contribution in [-0.4, -0.2) is 94.2 Å². The van der Waals surface area contributed by atoms with Crippen LogP contribution in [0.3, 0.4) is 0 Å². The summed E-state index contributed by atoms with van der Waals surface area (Å²) in [5.41, 5.74) is 1.94. The molecule has 3 aliphatic heterocycles. The van der Waals surface area contributed by atoms with Crippen LogP contribution in [0.4, 0.5) is 0 Å². The number of fused-ring (bicyclic) bond motifs is 1. The van der Waals surface area contributed by atoms with Gasteiger partial charge in [-0.25, -0.2) is 9.50 Å². The molecule has 3 saturated heterocycles. The molecule has 1 amide bonds. The molecule has 0 saturated carbocycles. The van der Waals surface area contributed by atoms with Crippen molar-refractivity contribution in [3.8, 4) is 0 Å². The summed E-state index contributed by atoms with van der Waals surface area (Å²) in [6.07, 6.45) is 5.51. The van der Waals surface area contributed by atoms with Crippen LogP contribution < -0.4 is 0 Å². The van der Waals surface area contributed by atoms with Crippen molar-refractivity contribution in [2.75, 3.05) is 59.0 Å². The van der Waals surface area contributed by atoms with E-state index in [-0.39, 0.29) is 5.41 Å². The summed E-state index contributed by atoms with van der Waals surface area (Å²) in [5.74, 6) is 0.371. The Balaban J connectivity index is 1.18. The normalized spacial score (nSPS) is 26.9. The van der Waals surface area contributed by atoms with E-state index in [9.17, 15) is 4.79 Å². The van der Waals surface area contributed by atoms with Gasteiger partial charge in [0, 0.05) is 52.0 Å². The van der Waals surface area contributed by atoms with E-state index < -0.39 is 0 Å². The first-order valence-corrected chi connectivity index (χ1v) is 10.3. The molecule has 5 heterocycles. The monoisotopic (exact) mass is 384 g/mol. The maximum absolute atomic E-state index is 13.2. The van der Waals surface area contributed by atoms with Crippen molar-refractivity contribution < 1.29 is 9.53 Å². The van der Waals surface area contributed by atoms with E-state index in [0.29, 0.717) is 5.91 Å². The average molecular weight is 384 g/mol. The third-order valence-electron chi connectivity index (χ3n) is 6.58. The van der Waals surface area contributed by atoms with Crippen molar-refractivity contribution in [2.45, 2.75) is 19.4 Å². The molecule has 0 aliphatic carbocycles. The number of hydrogen-bond acceptors (Lipinski definition) is 6. The molecule has 2 aromatic heterocycles. The zero-order valence-corrected chi connectivity index (χ0v) is 16.3. The van der Waals surface area contributed by atoms with Gasteiger partial charge < -0.3 is 9.64 Å². The van der Waals surface area contributed by atoms with Crippen LogP contribution in [0.2, 0.25) is 0 Å². The van der Waals surface area contributed by atoms with E-state index in [1.807, 2.05) is 6.20 Å². The molecule has 8 heteroatoms. The Kier molecular flexibility index (Phi) is 4.78. The highest BCUT2D eigenvalue weighted by Crippen LogP contribution is 2.41. The van der Waals surface area contributed by atoms with Gasteiger partial charge in [0.2, 0.25) is 5.91 Å². The summed E-state index contributed by atoms with van der Waals surface area (Å²) in [6.45, 7) is 9.04. The summed E-state index contributed by atoms with van der Waals surface area (Å²) in [5, 5.41) is 4.15. The van der Waals surface area contributed by atoms with Gasteiger partial charge in [-0.15, -0.1) is 0 Å². The highest BCUT2D eigenvalue weighted by atomic mass is 16.5. The number of ether oxygens (including phenoxy) is 1. The predicted octanol–water partition coefficient (Wildman–Crippen LogP) is 0.486. The van der Waals surface area contributed by atoms with Gasteiger partial charge in [-0.05, 0) is 37.1 Å². The van der Waals surface area contributed by atoms with Crippen molar-refractivity contribution >= 4 is 11.6 Å². The summed E-state index contributed by atoms with van der Waals surface area (Å²) in [7, 11) is 0. The highest BCUT2D eigenvalue weighted by molar-refractivity contribution is 5.85. The van der Waals surface area contributed by atoms with Gasteiger partial charge in [0.1, 0.15) is 6.33 Å². The van der Waals surface area contributed by atoms with E-state index in [1.165, 1.54) is 5.56 Å². The Labute approximate surface area is 165 Å². The van der Waals surface area contributed by atoms with Crippen molar-refractivity contribution in [3.05, 3.63) is 30.2 Å². The third-order valence-corrected chi connectivity index (χ3v) is 6.58. The molecule has 0 N–H and O–H groups in total. The molecule has 1 spiro atoms. The second kappa shape index (κ2) is 7.42. The molecule has 8 nitrogen and oxygen atoms in total. The van der Waals surface area contributed by atoms with Gasteiger partial charge in [0.15, 0.2) is 5.65 Å². The van der Waals surface area contributed by atoms with E-state index in [2.05, 4.69) is 36.9 Å². The number of pyridine rings is 1. The quantitative estimate of drug-likeness (QED) is 0.747. The Morgan fingerprint density at radius 1 is 1.07 bits per heavy atom. The zero-order chi connectivity index (χ0) is 19.0. The number of carbonyl (C=O) groups is 1. The fourth-order valence-electron chi connectivity index (χ4n) is 4.88. The number of hydrogen-bond donors (Lipinski definition) is 0. The number of rotatable bonds is 5. The molecule has 0 bridgehead atoms. The van der Waals surface area contributed by atoms with Crippen LogP contribution in [0.1, 0.15) is 18.4 Å². The molecular formula is C20H28N6O2. The van der Waals surface area contributed by atoms with Crippen LogP contribution >= 0.6 is 0 Å². The molecule has 1 atom stereocenters. The first-order chi connectivity index (χ1) is 13.7. The van der Waals surface area contributed by atoms with E-state index >= 15 is 0 Å². The first-order valence-electron chi connectivity index (χ1n) is 10.3. The van der Waals surface area contributed by atoms with Crippen molar-refractivity contribution in [1.29, 1.82) is 0 Å². The van der Waals surface area contributed by atoms with E-state index in [0.717, 1.165) is 84.1 Å². The molecule has 5 rings (SSSR count). The molecule has 150 valence electrons. The number of likely N-dealkylation sites (tertiary alicyclic amines) is 2. The molecule has 2 aromatic rings. The first kappa shape index (κ1) is 18.0. The second-order valence-electron chi connectivity index (χ2n) is 8.33. The summed E-state index contributed by atoms with van der Waals surface area (Å²) in [4.78, 5) is 24.4. The summed E-state index contributed by atoms with van der Waals surface area (Å²) >= 11 is 0. The smallest absolute Gasteiger partial charge is 0.230 e. The molecule has 28 heavy (non-hydrogen) atoms. The third kappa shape index (κ3) is 3.40. The Hall–Kier alpha value is -2.03. The highest BCUT2D eigenvalue weighted by Gasteiger charge is 2.50. The van der Waals surface area contributed by atoms with Crippen LogP contribution in [0.15, 0.2) is 24.7 Å². The summed E-state index contributed by atoms with van der Waals surface area (Å²) < 4.78 is 7.19. The maximum Gasteiger partial charge on any atom is 0.230 e. The number of aromatic nitrogens is 3. The molecule has 3 fully saturated rings. The number of carbonyl (C=O) groups excluding carboxylic acids is 1. The lowest BCUT2D eigenvalue weighted by Gasteiger charge is -2.29. The number of nitrogens with zero attached hydrogens (tertiary/aromatic N) is 6. The average Bonchev–Trinajstić information content (AvgIpc) is 3.42. The molecule has 0 aromatic carbocycles. The largest absolute Gasteiger partial charge is 0.379 e. The van der Waals surface area contributed by atoms with Crippen molar-refractivity contribution in [1.82, 2.24) is 29.3 Å². The fraction of sp³-hybridized carbons (Fsp3) is 0.650. The molecule has 1 unspecified atom stereocenters. The molecule has 0 radical (unpaired) electrons. The Bertz CT molecular complexity index is 848.